The molecule has 1 fully saturated rings. The van der Waals surface area contributed by atoms with E-state index in [0.29, 0.717) is 60.5 Å². The molecule has 0 spiro atoms. The zero-order chi connectivity index (χ0) is 22.7. The van der Waals surface area contributed by atoms with Crippen molar-refractivity contribution in [2.75, 3.05) is 26.3 Å². The van der Waals surface area contributed by atoms with Crippen LogP contribution in [-0.4, -0.2) is 55.2 Å². The van der Waals surface area contributed by atoms with E-state index >= 15 is 0 Å². The summed E-state index contributed by atoms with van der Waals surface area (Å²) in [4.78, 5) is 27.3. The smallest absolute Gasteiger partial charge is 0.254 e. The summed E-state index contributed by atoms with van der Waals surface area (Å²) in [6.07, 6.45) is 0.806. The van der Waals surface area contributed by atoms with Crippen molar-refractivity contribution in [3.63, 3.8) is 0 Å². The molecule has 4 rings (SSSR count). The number of carbonyl (C=O) groups is 2. The third kappa shape index (κ3) is 5.16. The fourth-order valence-corrected chi connectivity index (χ4v) is 4.20. The van der Waals surface area contributed by atoms with Crippen molar-refractivity contribution in [2.24, 2.45) is 0 Å². The van der Waals surface area contributed by atoms with Gasteiger partial charge in [0.15, 0.2) is 11.5 Å². The van der Waals surface area contributed by atoms with E-state index in [1.54, 1.807) is 24.3 Å². The van der Waals surface area contributed by atoms with Crippen LogP contribution >= 0.6 is 11.6 Å². The zero-order valence-corrected chi connectivity index (χ0v) is 19.0. The van der Waals surface area contributed by atoms with Crippen LogP contribution in [0.2, 0.25) is 5.02 Å². The first-order chi connectivity index (χ1) is 15.4. The fraction of sp³-hybridized carbons (Fsp3) is 0.417. The Morgan fingerprint density at radius 3 is 2.44 bits per heavy atom. The molecule has 8 heteroatoms. The van der Waals surface area contributed by atoms with E-state index in [2.05, 4.69) is 5.32 Å². The molecule has 2 aromatic carbocycles. The number of benzene rings is 2. The largest absolute Gasteiger partial charge is 0.489 e. The molecule has 0 saturated carbocycles. The van der Waals surface area contributed by atoms with Gasteiger partial charge < -0.3 is 24.4 Å². The van der Waals surface area contributed by atoms with Gasteiger partial charge in [-0.2, -0.15) is 0 Å². The van der Waals surface area contributed by atoms with Gasteiger partial charge in [-0.3, -0.25) is 9.59 Å². The molecule has 1 N–H and O–H groups in total. The minimum Gasteiger partial charge on any atom is -0.489 e. The highest BCUT2D eigenvalue weighted by Gasteiger charge is 2.26. The van der Waals surface area contributed by atoms with Crippen LogP contribution in [0.25, 0.3) is 0 Å². The topological polar surface area (TPSA) is 77.1 Å². The number of carbonyl (C=O) groups excluding carboxylic acids is 2. The number of rotatable bonds is 4. The Balaban J connectivity index is 1.37. The first-order valence-corrected chi connectivity index (χ1v) is 11.2. The lowest BCUT2D eigenvalue weighted by Crippen LogP contribution is -2.48. The summed E-state index contributed by atoms with van der Waals surface area (Å²) >= 11 is 6.28. The van der Waals surface area contributed by atoms with Crippen LogP contribution in [0.15, 0.2) is 36.4 Å². The molecule has 0 aliphatic carbocycles. The SMILES string of the molecule is CC1CN(C(=O)c2ccc(CNC(=O)c3cc(Cl)c4c(c3)OCCCO4)cc2)CC(C)O1. The molecule has 1 saturated heterocycles. The molecule has 2 aromatic rings. The van der Waals surface area contributed by atoms with Crippen LogP contribution in [0.5, 0.6) is 11.5 Å². The molecule has 2 heterocycles. The van der Waals surface area contributed by atoms with Gasteiger partial charge in [0.05, 0.1) is 30.4 Å². The van der Waals surface area contributed by atoms with Crippen LogP contribution in [-0.2, 0) is 11.3 Å². The Morgan fingerprint density at radius 1 is 1.03 bits per heavy atom. The van der Waals surface area contributed by atoms with Gasteiger partial charge in [-0.05, 0) is 43.7 Å². The van der Waals surface area contributed by atoms with E-state index in [1.807, 2.05) is 30.9 Å². The van der Waals surface area contributed by atoms with Gasteiger partial charge in [-0.25, -0.2) is 0 Å². The van der Waals surface area contributed by atoms with Crippen molar-refractivity contribution in [3.05, 3.63) is 58.1 Å². The van der Waals surface area contributed by atoms with E-state index in [-0.39, 0.29) is 24.0 Å². The fourth-order valence-electron chi connectivity index (χ4n) is 3.94. The Hall–Kier alpha value is -2.77. The first-order valence-electron chi connectivity index (χ1n) is 10.8. The number of hydrogen-bond donors (Lipinski definition) is 1. The van der Waals surface area contributed by atoms with Crippen molar-refractivity contribution >= 4 is 23.4 Å². The second kappa shape index (κ2) is 9.79. The lowest BCUT2D eigenvalue weighted by Gasteiger charge is -2.35. The summed E-state index contributed by atoms with van der Waals surface area (Å²) in [7, 11) is 0. The minimum atomic E-state index is -0.265. The lowest BCUT2D eigenvalue weighted by atomic mass is 10.1. The maximum Gasteiger partial charge on any atom is 0.254 e. The molecule has 170 valence electrons. The number of fused-ring (bicyclic) bond motifs is 1. The van der Waals surface area contributed by atoms with E-state index in [9.17, 15) is 9.59 Å². The van der Waals surface area contributed by atoms with Crippen molar-refractivity contribution in [1.82, 2.24) is 10.2 Å². The summed E-state index contributed by atoms with van der Waals surface area (Å²) in [5.74, 6) is 0.684. The predicted molar refractivity (Wildman–Crippen MR) is 121 cm³/mol. The summed E-state index contributed by atoms with van der Waals surface area (Å²) in [6.45, 7) is 6.47. The molecule has 7 nitrogen and oxygen atoms in total. The average Bonchev–Trinajstić information content (AvgIpc) is 3.02. The van der Waals surface area contributed by atoms with Crippen LogP contribution in [0, 0.1) is 0 Å². The molecular formula is C24H27ClN2O5. The third-order valence-electron chi connectivity index (χ3n) is 5.43. The third-order valence-corrected chi connectivity index (χ3v) is 5.71. The average molecular weight is 459 g/mol. The van der Waals surface area contributed by atoms with Gasteiger partial charge in [0, 0.05) is 37.2 Å². The second-order valence-electron chi connectivity index (χ2n) is 8.18. The van der Waals surface area contributed by atoms with Crippen LogP contribution in [0.1, 0.15) is 46.5 Å². The summed E-state index contributed by atoms with van der Waals surface area (Å²) in [5.41, 5.74) is 1.91. The quantitative estimate of drug-likeness (QED) is 0.756. The second-order valence-corrected chi connectivity index (χ2v) is 8.59. The van der Waals surface area contributed by atoms with Crippen molar-refractivity contribution in [3.8, 4) is 11.5 Å². The summed E-state index contributed by atoms with van der Waals surface area (Å²) in [6, 6.07) is 10.5. The van der Waals surface area contributed by atoms with Crippen molar-refractivity contribution < 1.29 is 23.8 Å². The Morgan fingerprint density at radius 2 is 1.72 bits per heavy atom. The molecule has 2 aliphatic heterocycles. The number of ether oxygens (including phenoxy) is 3. The molecule has 0 radical (unpaired) electrons. The van der Waals surface area contributed by atoms with E-state index < -0.39 is 0 Å². The first kappa shape index (κ1) is 22.4. The number of amides is 2. The highest BCUT2D eigenvalue weighted by molar-refractivity contribution is 6.32. The maximum atomic E-state index is 12.8. The molecule has 2 amide bonds. The Labute approximate surface area is 192 Å². The van der Waals surface area contributed by atoms with Crippen LogP contribution < -0.4 is 14.8 Å². The molecule has 2 aliphatic rings. The number of hydrogen-bond acceptors (Lipinski definition) is 5. The predicted octanol–water partition coefficient (Wildman–Crippen LogP) is 3.68. The number of morpholine rings is 1. The molecule has 2 unspecified atom stereocenters. The monoisotopic (exact) mass is 458 g/mol. The van der Waals surface area contributed by atoms with Gasteiger partial charge >= 0.3 is 0 Å². The number of nitrogens with one attached hydrogen (secondary N) is 1. The normalized spacial score (nSPS) is 20.4. The zero-order valence-electron chi connectivity index (χ0n) is 18.2. The molecule has 0 bridgehead atoms. The maximum absolute atomic E-state index is 12.8. The Kier molecular flexibility index (Phi) is 6.86. The van der Waals surface area contributed by atoms with E-state index in [1.165, 1.54) is 0 Å². The van der Waals surface area contributed by atoms with Gasteiger partial charge in [-0.1, -0.05) is 23.7 Å². The van der Waals surface area contributed by atoms with Gasteiger partial charge in [0.25, 0.3) is 11.8 Å². The molecule has 0 aromatic heterocycles. The van der Waals surface area contributed by atoms with Crippen LogP contribution in [0.3, 0.4) is 0 Å². The molecule has 2 atom stereocenters. The van der Waals surface area contributed by atoms with Gasteiger partial charge in [0.1, 0.15) is 0 Å². The summed E-state index contributed by atoms with van der Waals surface area (Å²) < 4.78 is 17.0. The van der Waals surface area contributed by atoms with E-state index in [0.717, 1.165) is 12.0 Å². The Bertz CT molecular complexity index is 985. The van der Waals surface area contributed by atoms with E-state index in [4.69, 9.17) is 25.8 Å². The highest BCUT2D eigenvalue weighted by atomic mass is 35.5. The molecular weight excluding hydrogens is 432 g/mol. The van der Waals surface area contributed by atoms with Gasteiger partial charge in [0.2, 0.25) is 0 Å². The number of nitrogens with zero attached hydrogens (tertiary/aromatic N) is 1. The van der Waals surface area contributed by atoms with Crippen molar-refractivity contribution in [2.45, 2.75) is 39.0 Å². The lowest BCUT2D eigenvalue weighted by molar-refractivity contribution is -0.0586. The summed E-state index contributed by atoms with van der Waals surface area (Å²) in [5, 5.41) is 3.23. The van der Waals surface area contributed by atoms with Crippen LogP contribution in [0.4, 0.5) is 0 Å². The molecule has 32 heavy (non-hydrogen) atoms. The number of halogens is 1. The highest BCUT2D eigenvalue weighted by Crippen LogP contribution is 2.38. The van der Waals surface area contributed by atoms with Gasteiger partial charge in [-0.15, -0.1) is 0 Å². The van der Waals surface area contributed by atoms with Crippen molar-refractivity contribution in [1.29, 1.82) is 0 Å². The minimum absolute atomic E-state index is 0.00979. The standard InChI is InChI=1S/C24H27ClN2O5/c1-15-13-27(14-16(2)32-15)24(29)18-6-4-17(5-7-18)12-26-23(28)19-10-20(25)22-21(11-19)30-8-3-9-31-22/h4-7,10-11,15-16H,3,8-9,12-14H2,1-2H3,(H,26,28).